The van der Waals surface area contributed by atoms with Gasteiger partial charge in [0.15, 0.2) is 0 Å². The van der Waals surface area contributed by atoms with E-state index in [1.165, 1.54) is 18.3 Å². The maximum Gasteiger partial charge on any atom is 0.341 e. The third kappa shape index (κ3) is 1.83. The summed E-state index contributed by atoms with van der Waals surface area (Å²) in [6.07, 6.45) is 1.34. The second-order valence-electron chi connectivity index (χ2n) is 3.06. The van der Waals surface area contributed by atoms with E-state index in [4.69, 9.17) is 0 Å². The zero-order chi connectivity index (χ0) is 10.8. The first-order valence-corrected chi connectivity index (χ1v) is 4.26. The fraction of sp³-hybridized carbons (Fsp3) is 0.111. The van der Waals surface area contributed by atoms with Crippen LogP contribution in [0.4, 0.5) is 10.5 Å². The number of hydrogen-bond acceptors (Lipinski definition) is 3. The number of fused-ring (bicyclic) bond motifs is 1. The van der Waals surface area contributed by atoms with Gasteiger partial charge >= 0.3 is 6.03 Å². The Morgan fingerprint density at radius 1 is 1.47 bits per heavy atom. The Balaban J connectivity index is 2.46. The second-order valence-corrected chi connectivity index (χ2v) is 3.06. The largest absolute Gasteiger partial charge is 0.341 e. The average molecular weight is 205 g/mol. The number of nitro groups is 1. The molecule has 0 bridgehead atoms. The van der Waals surface area contributed by atoms with E-state index in [1.807, 2.05) is 0 Å². The summed E-state index contributed by atoms with van der Waals surface area (Å²) in [6.45, 7) is 0.339. The lowest BCUT2D eigenvalue weighted by Gasteiger charge is -2.02. The minimum atomic E-state index is -0.478. The van der Waals surface area contributed by atoms with Gasteiger partial charge in [0.1, 0.15) is 0 Å². The van der Waals surface area contributed by atoms with Gasteiger partial charge in [0.25, 0.3) is 5.69 Å². The van der Waals surface area contributed by atoms with Crippen LogP contribution in [0, 0.1) is 10.1 Å². The Labute approximate surface area is 84.8 Å². The molecule has 0 saturated carbocycles. The van der Waals surface area contributed by atoms with Crippen molar-refractivity contribution in [1.29, 1.82) is 0 Å². The van der Waals surface area contributed by atoms with Crippen LogP contribution in [0.5, 0.6) is 0 Å². The monoisotopic (exact) mass is 205 g/mol. The van der Waals surface area contributed by atoms with Crippen molar-refractivity contribution in [1.82, 2.24) is 5.32 Å². The molecule has 1 N–H and O–H groups in total. The molecule has 0 saturated heterocycles. The molecule has 76 valence electrons. The number of urea groups is 1. The summed E-state index contributed by atoms with van der Waals surface area (Å²) in [5.41, 5.74) is 1.41. The standard InChI is InChI=1S/C9H7N3O3/c13-9-10-4-6-1-2-8(12(14)15)3-7(6)5-11-9/h1-3,5H,4H2,(H,10,13). The first kappa shape index (κ1) is 9.32. The Hall–Kier alpha value is -2.24. The van der Waals surface area contributed by atoms with Crippen molar-refractivity contribution in [3.05, 3.63) is 39.4 Å². The molecule has 1 aromatic rings. The van der Waals surface area contributed by atoms with Crippen LogP contribution in [0.15, 0.2) is 23.2 Å². The van der Waals surface area contributed by atoms with Crippen molar-refractivity contribution < 1.29 is 9.72 Å². The topological polar surface area (TPSA) is 84.6 Å². The van der Waals surface area contributed by atoms with E-state index < -0.39 is 11.0 Å². The molecule has 0 unspecified atom stereocenters. The van der Waals surface area contributed by atoms with E-state index in [2.05, 4.69) is 10.3 Å². The van der Waals surface area contributed by atoms with Crippen molar-refractivity contribution in [3.8, 4) is 0 Å². The minimum absolute atomic E-state index is 0.00505. The molecule has 1 aliphatic rings. The first-order chi connectivity index (χ1) is 7.16. The summed E-state index contributed by atoms with van der Waals surface area (Å²) >= 11 is 0. The third-order valence-electron chi connectivity index (χ3n) is 2.09. The van der Waals surface area contributed by atoms with Crippen molar-refractivity contribution in [3.63, 3.8) is 0 Å². The summed E-state index contributed by atoms with van der Waals surface area (Å²) in [4.78, 5) is 24.5. The zero-order valence-electron chi connectivity index (χ0n) is 7.64. The Morgan fingerprint density at radius 2 is 2.27 bits per heavy atom. The van der Waals surface area contributed by atoms with Crippen LogP contribution in [-0.4, -0.2) is 17.2 Å². The normalized spacial score (nSPS) is 14.0. The number of benzene rings is 1. The summed E-state index contributed by atoms with van der Waals surface area (Å²) in [7, 11) is 0. The number of hydrogen-bond donors (Lipinski definition) is 1. The molecule has 0 aliphatic carbocycles. The number of amides is 2. The summed E-state index contributed by atoms with van der Waals surface area (Å²) in [5.74, 6) is 0. The number of nitrogens with zero attached hydrogens (tertiary/aromatic N) is 2. The van der Waals surface area contributed by atoms with Crippen molar-refractivity contribution in [2.24, 2.45) is 4.99 Å². The summed E-state index contributed by atoms with van der Waals surface area (Å²) in [5, 5.41) is 13.1. The van der Waals surface area contributed by atoms with E-state index >= 15 is 0 Å². The van der Waals surface area contributed by atoms with E-state index in [0.29, 0.717) is 12.1 Å². The molecule has 6 nitrogen and oxygen atoms in total. The lowest BCUT2D eigenvalue weighted by Crippen LogP contribution is -2.17. The maximum atomic E-state index is 10.9. The molecule has 2 rings (SSSR count). The maximum absolute atomic E-state index is 10.9. The molecule has 0 spiro atoms. The number of non-ortho nitro benzene ring substituents is 1. The lowest BCUT2D eigenvalue weighted by atomic mass is 10.1. The number of carbonyl (C=O) groups is 1. The smallest absolute Gasteiger partial charge is 0.332 e. The van der Waals surface area contributed by atoms with Crippen LogP contribution in [0.3, 0.4) is 0 Å². The lowest BCUT2D eigenvalue weighted by molar-refractivity contribution is -0.384. The second kappa shape index (κ2) is 3.49. The summed E-state index contributed by atoms with van der Waals surface area (Å²) < 4.78 is 0. The van der Waals surface area contributed by atoms with Gasteiger partial charge in [0, 0.05) is 30.5 Å². The van der Waals surface area contributed by atoms with Crippen LogP contribution < -0.4 is 5.32 Å². The molecule has 0 fully saturated rings. The first-order valence-electron chi connectivity index (χ1n) is 4.26. The minimum Gasteiger partial charge on any atom is -0.332 e. The molecule has 6 heteroatoms. The van der Waals surface area contributed by atoms with Gasteiger partial charge in [0.2, 0.25) is 0 Å². The van der Waals surface area contributed by atoms with E-state index in [9.17, 15) is 14.9 Å². The average Bonchev–Trinajstić information content (AvgIpc) is 2.40. The molecule has 15 heavy (non-hydrogen) atoms. The fourth-order valence-corrected chi connectivity index (χ4v) is 1.32. The van der Waals surface area contributed by atoms with Crippen LogP contribution in [-0.2, 0) is 6.54 Å². The van der Waals surface area contributed by atoms with Crippen molar-refractivity contribution in [2.45, 2.75) is 6.54 Å². The highest BCUT2D eigenvalue weighted by Gasteiger charge is 2.12. The van der Waals surface area contributed by atoms with Crippen LogP contribution in [0.25, 0.3) is 0 Å². The molecule has 1 heterocycles. The molecular formula is C9H7N3O3. The predicted octanol–water partition coefficient (Wildman–Crippen LogP) is 1.24. The number of nitrogens with one attached hydrogen (secondary N) is 1. The predicted molar refractivity (Wildman–Crippen MR) is 52.9 cm³/mol. The van der Waals surface area contributed by atoms with E-state index in [1.54, 1.807) is 6.07 Å². The molecule has 2 amide bonds. The molecule has 0 aromatic heterocycles. The molecule has 0 radical (unpaired) electrons. The Bertz CT molecular complexity index is 468. The number of aliphatic imine (C=N–C) groups is 1. The highest BCUT2D eigenvalue weighted by Crippen LogP contribution is 2.17. The highest BCUT2D eigenvalue weighted by atomic mass is 16.6. The fourth-order valence-electron chi connectivity index (χ4n) is 1.32. The Morgan fingerprint density at radius 3 is 3.00 bits per heavy atom. The van der Waals surface area contributed by atoms with Gasteiger partial charge in [-0.3, -0.25) is 10.1 Å². The van der Waals surface area contributed by atoms with Gasteiger partial charge in [-0.15, -0.1) is 0 Å². The summed E-state index contributed by atoms with van der Waals surface area (Å²) in [6, 6.07) is 3.99. The number of rotatable bonds is 1. The molecule has 1 aromatic carbocycles. The van der Waals surface area contributed by atoms with Crippen molar-refractivity contribution >= 4 is 17.9 Å². The van der Waals surface area contributed by atoms with Crippen LogP contribution >= 0.6 is 0 Å². The third-order valence-corrected chi connectivity index (χ3v) is 2.09. The van der Waals surface area contributed by atoms with Crippen molar-refractivity contribution in [2.75, 3.05) is 0 Å². The van der Waals surface area contributed by atoms with E-state index in [0.717, 1.165) is 5.56 Å². The molecule has 1 aliphatic heterocycles. The number of carbonyl (C=O) groups excluding carboxylic acids is 1. The van der Waals surface area contributed by atoms with Gasteiger partial charge in [-0.25, -0.2) is 9.79 Å². The van der Waals surface area contributed by atoms with Gasteiger partial charge < -0.3 is 5.32 Å². The van der Waals surface area contributed by atoms with E-state index in [-0.39, 0.29) is 5.69 Å². The highest BCUT2D eigenvalue weighted by molar-refractivity contribution is 5.94. The van der Waals surface area contributed by atoms with Crippen LogP contribution in [0.2, 0.25) is 0 Å². The van der Waals surface area contributed by atoms with Crippen LogP contribution in [0.1, 0.15) is 11.1 Å². The van der Waals surface area contributed by atoms with Gasteiger partial charge in [-0.2, -0.15) is 0 Å². The molecular weight excluding hydrogens is 198 g/mol. The van der Waals surface area contributed by atoms with Gasteiger partial charge in [-0.05, 0) is 11.6 Å². The van der Waals surface area contributed by atoms with Gasteiger partial charge in [-0.1, -0.05) is 0 Å². The number of nitro benzene ring substituents is 1. The SMILES string of the molecule is O=C1N=Cc2cc([N+](=O)[O-])ccc2CN1. The zero-order valence-corrected chi connectivity index (χ0v) is 7.64. The quantitative estimate of drug-likeness (QED) is 0.552. The Kier molecular flexibility index (Phi) is 2.17. The van der Waals surface area contributed by atoms with Gasteiger partial charge in [0.05, 0.1) is 4.92 Å². The molecule has 0 atom stereocenters.